The van der Waals surface area contributed by atoms with E-state index in [2.05, 4.69) is 15.6 Å². The highest BCUT2D eigenvalue weighted by Crippen LogP contribution is 2.17. The number of carbonyl (C=O) groups is 1. The zero-order valence-corrected chi connectivity index (χ0v) is 15.4. The molecule has 1 fully saturated rings. The third-order valence-corrected chi connectivity index (χ3v) is 4.49. The lowest BCUT2D eigenvalue weighted by molar-refractivity contribution is -0.127. The molecule has 1 amide bonds. The van der Waals surface area contributed by atoms with Gasteiger partial charge in [0.25, 0.3) is 0 Å². The van der Waals surface area contributed by atoms with Gasteiger partial charge in [-0.2, -0.15) is 0 Å². The second-order valence-electron chi connectivity index (χ2n) is 6.87. The van der Waals surface area contributed by atoms with E-state index in [1.807, 2.05) is 6.07 Å². The lowest BCUT2D eigenvalue weighted by atomic mass is 9.96. The zero-order valence-electron chi connectivity index (χ0n) is 15.4. The molecular weight excluding hydrogens is 319 g/mol. The molecule has 138 valence electrons. The topological polar surface area (TPSA) is 56.7 Å². The molecule has 2 N–H and O–H groups in total. The van der Waals surface area contributed by atoms with Gasteiger partial charge in [0.1, 0.15) is 5.82 Å². The number of guanidine groups is 1. The SMILES string of the molecule is Cc1cc(CN=C(NCC(=O)N(C)C)NC2CCCCC2)ccc1F. The van der Waals surface area contributed by atoms with E-state index in [1.165, 1.54) is 25.3 Å². The van der Waals surface area contributed by atoms with Gasteiger partial charge in [0.05, 0.1) is 13.1 Å². The van der Waals surface area contributed by atoms with E-state index in [1.54, 1.807) is 32.0 Å². The Morgan fingerprint density at radius 2 is 2.00 bits per heavy atom. The highest BCUT2D eigenvalue weighted by Gasteiger charge is 2.15. The first-order valence-corrected chi connectivity index (χ1v) is 8.95. The third kappa shape index (κ3) is 6.36. The molecule has 0 atom stereocenters. The summed E-state index contributed by atoms with van der Waals surface area (Å²) in [6, 6.07) is 5.42. The summed E-state index contributed by atoms with van der Waals surface area (Å²) >= 11 is 0. The summed E-state index contributed by atoms with van der Waals surface area (Å²) in [4.78, 5) is 18.0. The highest BCUT2D eigenvalue weighted by atomic mass is 19.1. The molecule has 0 unspecified atom stereocenters. The summed E-state index contributed by atoms with van der Waals surface area (Å²) < 4.78 is 13.4. The minimum atomic E-state index is -0.206. The minimum absolute atomic E-state index is 0.00392. The lowest BCUT2D eigenvalue weighted by Crippen LogP contribution is -2.47. The van der Waals surface area contributed by atoms with E-state index < -0.39 is 0 Å². The van der Waals surface area contributed by atoms with E-state index >= 15 is 0 Å². The molecule has 2 rings (SSSR count). The van der Waals surface area contributed by atoms with Crippen LogP contribution >= 0.6 is 0 Å². The monoisotopic (exact) mass is 348 g/mol. The van der Waals surface area contributed by atoms with Crippen molar-refractivity contribution in [3.8, 4) is 0 Å². The average Bonchev–Trinajstić information content (AvgIpc) is 2.60. The van der Waals surface area contributed by atoms with Crippen LogP contribution in [-0.4, -0.2) is 43.4 Å². The maximum Gasteiger partial charge on any atom is 0.241 e. The fraction of sp³-hybridized carbons (Fsp3) is 0.579. The van der Waals surface area contributed by atoms with Crippen molar-refractivity contribution < 1.29 is 9.18 Å². The number of likely N-dealkylation sites (N-methyl/N-ethyl adjacent to an activating group) is 1. The smallest absolute Gasteiger partial charge is 0.241 e. The molecular formula is C19H29FN4O. The van der Waals surface area contributed by atoms with Gasteiger partial charge in [-0.15, -0.1) is 0 Å². The molecule has 1 aromatic carbocycles. The van der Waals surface area contributed by atoms with Gasteiger partial charge < -0.3 is 15.5 Å². The molecule has 0 bridgehead atoms. The second-order valence-corrected chi connectivity index (χ2v) is 6.87. The number of aliphatic imine (C=N–C) groups is 1. The number of nitrogens with one attached hydrogen (secondary N) is 2. The minimum Gasteiger partial charge on any atom is -0.354 e. The number of hydrogen-bond donors (Lipinski definition) is 2. The molecule has 0 spiro atoms. The standard InChI is InChI=1S/C19H29FN4O/c1-14-11-15(9-10-17(14)20)12-21-19(22-13-18(25)24(2)3)23-16-7-5-4-6-8-16/h9-11,16H,4-8,12-13H2,1-3H3,(H2,21,22,23). The van der Waals surface area contributed by atoms with Gasteiger partial charge in [-0.25, -0.2) is 9.38 Å². The molecule has 5 nitrogen and oxygen atoms in total. The number of amides is 1. The number of nitrogens with zero attached hydrogens (tertiary/aromatic N) is 2. The van der Waals surface area contributed by atoms with E-state index in [4.69, 9.17) is 0 Å². The summed E-state index contributed by atoms with van der Waals surface area (Å²) in [5, 5.41) is 6.56. The van der Waals surface area contributed by atoms with Crippen molar-refractivity contribution in [1.82, 2.24) is 15.5 Å². The van der Waals surface area contributed by atoms with Crippen LogP contribution in [0, 0.1) is 12.7 Å². The molecule has 1 saturated carbocycles. The average molecular weight is 348 g/mol. The van der Waals surface area contributed by atoms with Crippen LogP contribution < -0.4 is 10.6 Å². The van der Waals surface area contributed by atoms with Gasteiger partial charge in [0, 0.05) is 20.1 Å². The maximum atomic E-state index is 13.4. The van der Waals surface area contributed by atoms with Crippen LogP contribution in [0.2, 0.25) is 0 Å². The van der Waals surface area contributed by atoms with Crippen LogP contribution in [0.1, 0.15) is 43.2 Å². The second kappa shape index (κ2) is 9.39. The summed E-state index contributed by atoms with van der Waals surface area (Å²) in [6.45, 7) is 2.39. The maximum absolute atomic E-state index is 13.4. The van der Waals surface area contributed by atoms with E-state index in [9.17, 15) is 9.18 Å². The molecule has 6 heteroatoms. The molecule has 1 aliphatic carbocycles. The fourth-order valence-electron chi connectivity index (χ4n) is 2.89. The number of hydrogen-bond acceptors (Lipinski definition) is 2. The number of halogens is 1. The van der Waals surface area contributed by atoms with Crippen LogP contribution in [0.25, 0.3) is 0 Å². The van der Waals surface area contributed by atoms with Crippen molar-refractivity contribution in [2.75, 3.05) is 20.6 Å². The van der Waals surface area contributed by atoms with Crippen molar-refractivity contribution in [2.45, 2.75) is 51.6 Å². The molecule has 0 heterocycles. The summed E-state index contributed by atoms with van der Waals surface area (Å²) in [6.07, 6.45) is 5.97. The van der Waals surface area contributed by atoms with Crippen LogP contribution in [0.5, 0.6) is 0 Å². The number of aryl methyl sites for hydroxylation is 1. The van der Waals surface area contributed by atoms with Crippen LogP contribution in [0.3, 0.4) is 0 Å². The first-order chi connectivity index (χ1) is 12.0. The predicted octanol–water partition coefficient (Wildman–Crippen LogP) is 2.59. The summed E-state index contributed by atoms with van der Waals surface area (Å²) in [7, 11) is 3.47. The Kier molecular flexibility index (Phi) is 7.22. The van der Waals surface area contributed by atoms with Gasteiger partial charge in [-0.1, -0.05) is 31.4 Å². The van der Waals surface area contributed by atoms with Crippen molar-refractivity contribution in [1.29, 1.82) is 0 Å². The Hall–Kier alpha value is -2.11. The van der Waals surface area contributed by atoms with E-state index in [0.717, 1.165) is 18.4 Å². The fourth-order valence-corrected chi connectivity index (χ4v) is 2.89. The number of rotatable bonds is 5. The van der Waals surface area contributed by atoms with Gasteiger partial charge in [0.15, 0.2) is 5.96 Å². The molecule has 25 heavy (non-hydrogen) atoms. The summed E-state index contributed by atoms with van der Waals surface area (Å²) in [5.41, 5.74) is 1.56. The van der Waals surface area contributed by atoms with Crippen LogP contribution in [-0.2, 0) is 11.3 Å². The van der Waals surface area contributed by atoms with Crippen LogP contribution in [0.15, 0.2) is 23.2 Å². The van der Waals surface area contributed by atoms with Gasteiger partial charge in [-0.05, 0) is 37.0 Å². The van der Waals surface area contributed by atoms with Gasteiger partial charge in [-0.3, -0.25) is 4.79 Å². The van der Waals surface area contributed by atoms with Crippen molar-refractivity contribution in [2.24, 2.45) is 4.99 Å². The molecule has 0 radical (unpaired) electrons. The Morgan fingerprint density at radius 1 is 1.28 bits per heavy atom. The summed E-state index contributed by atoms with van der Waals surface area (Å²) in [5.74, 6) is 0.433. The quantitative estimate of drug-likeness (QED) is 0.635. The van der Waals surface area contributed by atoms with Gasteiger partial charge in [0.2, 0.25) is 5.91 Å². The lowest BCUT2D eigenvalue weighted by Gasteiger charge is -2.25. The van der Waals surface area contributed by atoms with Gasteiger partial charge >= 0.3 is 0 Å². The molecule has 1 aliphatic rings. The largest absolute Gasteiger partial charge is 0.354 e. The number of benzene rings is 1. The molecule has 0 saturated heterocycles. The Morgan fingerprint density at radius 3 is 2.64 bits per heavy atom. The van der Waals surface area contributed by atoms with Crippen molar-refractivity contribution in [3.05, 3.63) is 35.1 Å². The Labute approximate surface area is 149 Å². The first kappa shape index (κ1) is 19.2. The molecule has 0 aliphatic heterocycles. The first-order valence-electron chi connectivity index (χ1n) is 8.95. The predicted molar refractivity (Wildman–Crippen MR) is 99.0 cm³/mol. The normalized spacial score (nSPS) is 15.8. The number of carbonyl (C=O) groups excluding carboxylic acids is 1. The van der Waals surface area contributed by atoms with Crippen molar-refractivity contribution >= 4 is 11.9 Å². The highest BCUT2D eigenvalue weighted by molar-refractivity contribution is 5.86. The van der Waals surface area contributed by atoms with Crippen molar-refractivity contribution in [3.63, 3.8) is 0 Å². The third-order valence-electron chi connectivity index (χ3n) is 4.49. The Balaban J connectivity index is 2.02. The molecule has 0 aromatic heterocycles. The van der Waals surface area contributed by atoms with Crippen LogP contribution in [0.4, 0.5) is 4.39 Å². The molecule has 1 aromatic rings. The Bertz CT molecular complexity index is 609. The van der Waals surface area contributed by atoms with E-state index in [0.29, 0.717) is 24.1 Å². The van der Waals surface area contributed by atoms with E-state index in [-0.39, 0.29) is 18.3 Å². The zero-order chi connectivity index (χ0) is 18.2.